The van der Waals surface area contributed by atoms with Crippen LogP contribution >= 0.6 is 11.6 Å². The van der Waals surface area contributed by atoms with Gasteiger partial charge in [0.25, 0.3) is 0 Å². The number of nitrogens with zero attached hydrogens (tertiary/aromatic N) is 2. The number of aliphatic hydroxyl groups is 1. The highest BCUT2D eigenvalue weighted by atomic mass is 35.5. The van der Waals surface area contributed by atoms with Crippen LogP contribution in [-0.2, 0) is 13.1 Å². The van der Waals surface area contributed by atoms with Crippen LogP contribution in [0.5, 0.6) is 11.5 Å². The Morgan fingerprint density at radius 3 is 2.50 bits per heavy atom. The first-order valence-corrected chi connectivity index (χ1v) is 10.2. The monoisotopic (exact) mass is 404 g/mol. The molecule has 0 spiro atoms. The van der Waals surface area contributed by atoms with Crippen LogP contribution < -0.4 is 4.74 Å². The smallest absolute Gasteiger partial charge is 0.134 e. The Labute approximate surface area is 172 Å². The Morgan fingerprint density at radius 2 is 1.82 bits per heavy atom. The highest BCUT2D eigenvalue weighted by Gasteiger charge is 2.26. The van der Waals surface area contributed by atoms with Crippen LogP contribution in [-0.4, -0.2) is 58.9 Å². The Kier molecular flexibility index (Phi) is 7.57. The molecule has 1 saturated heterocycles. The lowest BCUT2D eigenvalue weighted by atomic mass is 10.1. The van der Waals surface area contributed by atoms with E-state index in [0.29, 0.717) is 17.7 Å². The molecule has 6 heteroatoms. The maximum atomic E-state index is 9.60. The maximum Gasteiger partial charge on any atom is 0.134 e. The van der Waals surface area contributed by atoms with Crippen LogP contribution in [0.25, 0.3) is 0 Å². The van der Waals surface area contributed by atoms with Crippen LogP contribution in [0.3, 0.4) is 0 Å². The van der Waals surface area contributed by atoms with E-state index < -0.39 is 0 Å². The fourth-order valence-corrected chi connectivity index (χ4v) is 3.93. The van der Waals surface area contributed by atoms with Crippen LogP contribution in [0.4, 0.5) is 0 Å². The minimum Gasteiger partial charge on any atom is -0.506 e. The lowest BCUT2D eigenvalue weighted by Crippen LogP contribution is -2.52. The Hall–Kier alpha value is -1.79. The molecule has 5 nitrogen and oxygen atoms in total. The largest absolute Gasteiger partial charge is 0.506 e. The Morgan fingerprint density at radius 1 is 1.07 bits per heavy atom. The second-order valence-corrected chi connectivity index (χ2v) is 7.64. The van der Waals surface area contributed by atoms with E-state index in [1.165, 1.54) is 5.56 Å². The maximum absolute atomic E-state index is 9.60. The average Bonchev–Trinajstić information content (AvgIpc) is 2.69. The molecular formula is C22H29ClN2O3. The molecule has 1 heterocycles. The molecule has 3 rings (SSSR count). The first-order chi connectivity index (χ1) is 13.6. The molecule has 2 aromatic rings. The van der Waals surface area contributed by atoms with Gasteiger partial charge in [0.1, 0.15) is 11.5 Å². The number of phenols is 1. The molecule has 0 unspecified atom stereocenters. The first kappa shape index (κ1) is 20.9. The summed E-state index contributed by atoms with van der Waals surface area (Å²) in [5, 5.41) is 19.5. The zero-order chi connectivity index (χ0) is 19.9. The number of ether oxygens (including phenoxy) is 1. The van der Waals surface area contributed by atoms with Gasteiger partial charge in [0.05, 0.1) is 11.6 Å². The van der Waals surface area contributed by atoms with E-state index in [9.17, 15) is 10.2 Å². The predicted molar refractivity (Wildman–Crippen MR) is 112 cm³/mol. The summed E-state index contributed by atoms with van der Waals surface area (Å²) in [5.74, 6) is 1.01. The van der Waals surface area contributed by atoms with Crippen molar-refractivity contribution in [1.82, 2.24) is 9.80 Å². The van der Waals surface area contributed by atoms with E-state index in [0.717, 1.165) is 50.5 Å². The van der Waals surface area contributed by atoms with Crippen molar-refractivity contribution in [2.45, 2.75) is 32.5 Å². The van der Waals surface area contributed by atoms with Gasteiger partial charge < -0.3 is 14.9 Å². The van der Waals surface area contributed by atoms with Gasteiger partial charge in [-0.1, -0.05) is 29.8 Å². The molecule has 0 aromatic heterocycles. The molecule has 28 heavy (non-hydrogen) atoms. The second-order valence-electron chi connectivity index (χ2n) is 7.23. The van der Waals surface area contributed by atoms with Crippen molar-refractivity contribution in [2.24, 2.45) is 0 Å². The fourth-order valence-electron chi connectivity index (χ4n) is 3.73. The summed E-state index contributed by atoms with van der Waals surface area (Å²) in [6.07, 6.45) is 0.754. The fraction of sp³-hybridized carbons (Fsp3) is 0.455. The van der Waals surface area contributed by atoms with Crippen molar-refractivity contribution in [1.29, 1.82) is 0 Å². The van der Waals surface area contributed by atoms with Gasteiger partial charge in [0.15, 0.2) is 0 Å². The summed E-state index contributed by atoms with van der Waals surface area (Å²) in [5.41, 5.74) is 2.34. The molecule has 0 radical (unpaired) electrons. The predicted octanol–water partition coefficient (Wildman–Crippen LogP) is 3.51. The summed E-state index contributed by atoms with van der Waals surface area (Å²) in [4.78, 5) is 4.84. The molecule has 2 aromatic carbocycles. The third kappa shape index (κ3) is 5.61. The molecule has 1 atom stereocenters. The van der Waals surface area contributed by atoms with Gasteiger partial charge in [-0.15, -0.1) is 0 Å². The van der Waals surface area contributed by atoms with Gasteiger partial charge in [-0.05, 0) is 48.7 Å². The van der Waals surface area contributed by atoms with E-state index in [1.54, 1.807) is 6.07 Å². The molecule has 2 N–H and O–H groups in total. The molecule has 1 fully saturated rings. The standard InChI is InChI=1S/C22H29ClN2O3/c1-2-28-20-6-3-17(4-7-20)15-25-11-10-24(16-19(25)9-12-26)14-18-5-8-22(27)21(23)13-18/h3-8,13,19,26-27H,2,9-12,14-16H2,1H3/t19-/m0/s1. The van der Waals surface area contributed by atoms with Crippen LogP contribution in [0.1, 0.15) is 24.5 Å². The normalized spacial score (nSPS) is 18.3. The third-order valence-corrected chi connectivity index (χ3v) is 5.49. The van der Waals surface area contributed by atoms with E-state index in [-0.39, 0.29) is 12.4 Å². The van der Waals surface area contributed by atoms with Crippen molar-refractivity contribution < 1.29 is 14.9 Å². The summed E-state index contributed by atoms with van der Waals surface area (Å²) >= 11 is 6.04. The van der Waals surface area contributed by atoms with E-state index in [2.05, 4.69) is 21.9 Å². The SMILES string of the molecule is CCOc1ccc(CN2CCN(Cc3ccc(O)c(Cl)c3)C[C@@H]2CCO)cc1. The molecule has 1 aliphatic heterocycles. The topological polar surface area (TPSA) is 56.2 Å². The summed E-state index contributed by atoms with van der Waals surface area (Å²) in [6, 6.07) is 14.0. The summed E-state index contributed by atoms with van der Waals surface area (Å²) in [7, 11) is 0. The zero-order valence-electron chi connectivity index (χ0n) is 16.4. The van der Waals surface area contributed by atoms with Crippen molar-refractivity contribution in [3.63, 3.8) is 0 Å². The number of rotatable bonds is 8. The summed E-state index contributed by atoms with van der Waals surface area (Å²) in [6.45, 7) is 7.31. The Bertz CT molecular complexity index is 754. The number of aliphatic hydroxyl groups excluding tert-OH is 1. The highest BCUT2D eigenvalue weighted by molar-refractivity contribution is 6.32. The molecule has 0 saturated carbocycles. The molecular weight excluding hydrogens is 376 g/mol. The molecule has 0 bridgehead atoms. The van der Waals surface area contributed by atoms with E-state index in [4.69, 9.17) is 16.3 Å². The lowest BCUT2D eigenvalue weighted by Gasteiger charge is -2.41. The number of halogens is 1. The zero-order valence-corrected chi connectivity index (χ0v) is 17.1. The molecule has 0 amide bonds. The number of hydrogen-bond donors (Lipinski definition) is 2. The van der Waals surface area contributed by atoms with Gasteiger partial charge in [0, 0.05) is 45.4 Å². The highest BCUT2D eigenvalue weighted by Crippen LogP contribution is 2.25. The first-order valence-electron chi connectivity index (χ1n) is 9.85. The van der Waals surface area contributed by atoms with Gasteiger partial charge in [0.2, 0.25) is 0 Å². The lowest BCUT2D eigenvalue weighted by molar-refractivity contribution is 0.0499. The van der Waals surface area contributed by atoms with Gasteiger partial charge in [-0.2, -0.15) is 0 Å². The number of benzene rings is 2. The van der Waals surface area contributed by atoms with Crippen LogP contribution in [0.2, 0.25) is 5.02 Å². The molecule has 1 aliphatic rings. The number of piperazine rings is 1. The molecule has 152 valence electrons. The Balaban J connectivity index is 1.60. The average molecular weight is 405 g/mol. The van der Waals surface area contributed by atoms with Crippen molar-refractivity contribution in [3.8, 4) is 11.5 Å². The van der Waals surface area contributed by atoms with Gasteiger partial charge in [-0.3, -0.25) is 9.80 Å². The van der Waals surface area contributed by atoms with Crippen molar-refractivity contribution >= 4 is 11.6 Å². The van der Waals surface area contributed by atoms with Crippen molar-refractivity contribution in [2.75, 3.05) is 32.8 Å². The van der Waals surface area contributed by atoms with Crippen molar-refractivity contribution in [3.05, 3.63) is 58.6 Å². The number of hydrogen-bond acceptors (Lipinski definition) is 5. The summed E-state index contributed by atoms with van der Waals surface area (Å²) < 4.78 is 5.52. The number of phenolic OH excluding ortho intramolecular Hbond substituents is 1. The minimum absolute atomic E-state index is 0.115. The minimum atomic E-state index is 0.115. The van der Waals surface area contributed by atoms with E-state index in [1.807, 2.05) is 31.2 Å². The number of aromatic hydroxyl groups is 1. The quantitative estimate of drug-likeness (QED) is 0.705. The van der Waals surface area contributed by atoms with E-state index >= 15 is 0 Å². The van der Waals surface area contributed by atoms with Gasteiger partial charge >= 0.3 is 0 Å². The second kappa shape index (κ2) is 10.1. The van der Waals surface area contributed by atoms with Crippen LogP contribution in [0, 0.1) is 0 Å². The van der Waals surface area contributed by atoms with Gasteiger partial charge in [-0.25, -0.2) is 0 Å². The third-order valence-electron chi connectivity index (χ3n) is 5.19. The van der Waals surface area contributed by atoms with Crippen LogP contribution in [0.15, 0.2) is 42.5 Å². The molecule has 0 aliphatic carbocycles.